The molecule has 1 aliphatic heterocycles. The van der Waals surface area contributed by atoms with Gasteiger partial charge in [-0.3, -0.25) is 0 Å². The van der Waals surface area contributed by atoms with Crippen molar-refractivity contribution in [1.29, 1.82) is 0 Å². The number of aliphatic hydroxyl groups is 1. The molecule has 5 atom stereocenters. The third-order valence-corrected chi connectivity index (χ3v) is 3.50. The molecule has 1 rings (SSSR count). The summed E-state index contributed by atoms with van der Waals surface area (Å²) in [5.74, 6) is 0. The van der Waals surface area contributed by atoms with E-state index in [9.17, 15) is 19.5 Å². The van der Waals surface area contributed by atoms with Crippen molar-refractivity contribution in [3.05, 3.63) is 0 Å². The average Bonchev–Trinajstić information content (AvgIpc) is 2.49. The lowest BCUT2D eigenvalue weighted by Gasteiger charge is -2.43. The predicted octanol–water partition coefficient (Wildman–Crippen LogP) is -1.15. The number of rotatable bonds is 10. The third-order valence-electron chi connectivity index (χ3n) is 2.76. The van der Waals surface area contributed by atoms with Gasteiger partial charge in [-0.1, -0.05) is 15.9 Å². The van der Waals surface area contributed by atoms with E-state index in [1.54, 1.807) is 0 Å². The molecule has 8 nitrogen and oxygen atoms in total. The Morgan fingerprint density at radius 2 is 1.48 bits per heavy atom. The number of halogens is 1. The Kier molecular flexibility index (Phi) is 6.69. The smallest absolute Gasteiger partial charge is 0.145 e. The molecule has 21 heavy (non-hydrogen) atoms. The number of ether oxygens (including phenoxy) is 4. The maximum absolute atomic E-state index is 10.9. The molecule has 0 amide bonds. The highest BCUT2D eigenvalue weighted by Crippen LogP contribution is 2.30. The van der Waals surface area contributed by atoms with Crippen molar-refractivity contribution >= 4 is 34.7 Å². The summed E-state index contributed by atoms with van der Waals surface area (Å²) in [6.07, 6.45) is -7.23. The van der Waals surface area contributed by atoms with Gasteiger partial charge in [-0.25, -0.2) is 0 Å². The second kappa shape index (κ2) is 10.1. The van der Waals surface area contributed by atoms with Crippen molar-refractivity contribution in [3.8, 4) is 0 Å². The molecular formula is C12H17BrO8. The van der Waals surface area contributed by atoms with Gasteiger partial charge in [0.2, 0.25) is 0 Å². The zero-order valence-electron chi connectivity index (χ0n) is 13.9. The third kappa shape index (κ3) is 5.20. The van der Waals surface area contributed by atoms with Crippen LogP contribution in [0.2, 0.25) is 0 Å². The van der Waals surface area contributed by atoms with Gasteiger partial charge in [-0.05, 0) is 0 Å². The fourth-order valence-corrected chi connectivity index (χ4v) is 2.70. The Hall–Kier alpha value is -0.710. The Bertz CT molecular complexity index is 466. The summed E-state index contributed by atoms with van der Waals surface area (Å²) in [6.45, 7) is -2.33. The van der Waals surface area contributed by atoms with Gasteiger partial charge in [0, 0.05) is 0 Å². The van der Waals surface area contributed by atoms with E-state index in [4.69, 9.17) is 23.1 Å². The van der Waals surface area contributed by atoms with E-state index in [1.807, 2.05) is 0 Å². The van der Waals surface area contributed by atoms with Crippen molar-refractivity contribution in [2.24, 2.45) is 0 Å². The molecule has 0 spiro atoms. The molecule has 1 aliphatic rings. The second-order valence-electron chi connectivity index (χ2n) is 3.97. The molecule has 1 unspecified atom stereocenters. The molecule has 0 bridgehead atoms. The summed E-state index contributed by atoms with van der Waals surface area (Å²) in [6, 6.07) is 0. The van der Waals surface area contributed by atoms with Gasteiger partial charge in [0.25, 0.3) is 0 Å². The van der Waals surface area contributed by atoms with Crippen molar-refractivity contribution in [1.82, 2.24) is 0 Å². The van der Waals surface area contributed by atoms with E-state index in [1.165, 1.54) is 0 Å². The molecule has 1 heterocycles. The van der Waals surface area contributed by atoms with Crippen LogP contribution < -0.4 is 0 Å². The molecule has 0 aliphatic carbocycles. The number of aliphatic hydroxyl groups excluding tert-OH is 1. The van der Waals surface area contributed by atoms with Crippen LogP contribution in [0.1, 0.15) is 4.11 Å². The van der Waals surface area contributed by atoms with Gasteiger partial charge in [0.15, 0.2) is 0 Å². The molecule has 0 aromatic heterocycles. The minimum absolute atomic E-state index is 0.516. The van der Waals surface area contributed by atoms with E-state index in [0.717, 1.165) is 0 Å². The van der Waals surface area contributed by atoms with Gasteiger partial charge in [0.05, 0.1) is 6.61 Å². The largest absolute Gasteiger partial charge is 0.394 e. The fourth-order valence-electron chi connectivity index (χ4n) is 1.97. The maximum Gasteiger partial charge on any atom is 0.145 e. The number of alkyl halides is 1. The summed E-state index contributed by atoms with van der Waals surface area (Å²) in [5.41, 5.74) is 0. The highest BCUT2D eigenvalue weighted by atomic mass is 79.9. The predicted molar refractivity (Wildman–Crippen MR) is 72.1 cm³/mol. The van der Waals surface area contributed by atoms with Gasteiger partial charge in [0.1, 0.15) is 72.1 Å². The molecule has 1 N–H and O–H groups in total. The van der Waals surface area contributed by atoms with Crippen LogP contribution in [0.3, 0.4) is 0 Å². The summed E-state index contributed by atoms with van der Waals surface area (Å²) in [7, 11) is 0. The van der Waals surface area contributed by atoms with Crippen LogP contribution in [0.5, 0.6) is 0 Å². The average molecular weight is 372 g/mol. The van der Waals surface area contributed by atoms with E-state index >= 15 is 0 Å². The van der Waals surface area contributed by atoms with E-state index in [0.29, 0.717) is 0 Å². The summed E-state index contributed by atoms with van der Waals surface area (Å²) >= 11 is 3.14. The first-order valence-electron chi connectivity index (χ1n) is 7.49. The molecule has 9 heteroatoms. The van der Waals surface area contributed by atoms with Gasteiger partial charge in [-0.2, -0.15) is 0 Å². The molecule has 0 aromatic rings. The number of aldehydes is 3. The zero-order valence-corrected chi connectivity index (χ0v) is 12.5. The summed E-state index contributed by atoms with van der Waals surface area (Å²) < 4.78 is 41.8. The number of carbonyl (C=O) groups is 3. The monoisotopic (exact) mass is 371 g/mol. The van der Waals surface area contributed by atoms with Gasteiger partial charge >= 0.3 is 0 Å². The first-order chi connectivity index (χ1) is 11.3. The minimum atomic E-state index is -1.09. The lowest BCUT2D eigenvalue weighted by molar-refractivity contribution is -0.238. The lowest BCUT2D eigenvalue weighted by Crippen LogP contribution is -2.60. The van der Waals surface area contributed by atoms with Crippen LogP contribution in [-0.2, 0) is 33.3 Å². The molecule has 0 radical (unpaired) electrons. The van der Waals surface area contributed by atoms with Crippen LogP contribution in [0, 0.1) is 0 Å². The van der Waals surface area contributed by atoms with Crippen molar-refractivity contribution in [3.63, 3.8) is 0 Å². The van der Waals surface area contributed by atoms with Crippen LogP contribution in [0.4, 0.5) is 0 Å². The van der Waals surface area contributed by atoms with Crippen LogP contribution in [0.25, 0.3) is 0 Å². The van der Waals surface area contributed by atoms with E-state index in [-0.39, 0.29) is 0 Å². The van der Waals surface area contributed by atoms with Crippen molar-refractivity contribution < 1.29 is 42.5 Å². The fraction of sp³-hybridized carbons (Fsp3) is 0.750. The molecular weight excluding hydrogens is 352 g/mol. The molecule has 0 saturated carbocycles. The number of hydrogen-bond donors (Lipinski definition) is 1. The maximum atomic E-state index is 10.9. The Morgan fingerprint density at radius 1 is 1.00 bits per heavy atom. The zero-order chi connectivity index (χ0) is 18.3. The normalized spacial score (nSPS) is 34.6. The molecule has 1 fully saturated rings. The highest BCUT2D eigenvalue weighted by Gasteiger charge is 2.47. The molecule has 120 valence electrons. The number of carbonyl (C=O) groups excluding carboxylic acids is 3. The van der Waals surface area contributed by atoms with Crippen LogP contribution in [-0.4, -0.2) is 79.7 Å². The van der Waals surface area contributed by atoms with Crippen molar-refractivity contribution in [2.75, 3.05) is 26.4 Å². The SMILES string of the molecule is [2H]C(=O)CO[C@H]1[C@H](OCC([2H])=O)[C@@H](OCC([2H])=O)C(Br)O[C@@H]1CO. The summed E-state index contributed by atoms with van der Waals surface area (Å²) in [4.78, 5) is 32.5. The quantitative estimate of drug-likeness (QED) is 0.378. The van der Waals surface area contributed by atoms with E-state index < -0.39 is 74.6 Å². The Balaban J connectivity index is 2.97. The van der Waals surface area contributed by atoms with Crippen LogP contribution >= 0.6 is 15.9 Å². The molecule has 1 saturated heterocycles. The Labute approximate surface area is 134 Å². The summed E-state index contributed by atoms with van der Waals surface area (Å²) in [5, 5.41) is 8.53. The minimum Gasteiger partial charge on any atom is -0.394 e. The number of hydrogen-bond acceptors (Lipinski definition) is 8. The highest BCUT2D eigenvalue weighted by molar-refractivity contribution is 9.09. The first kappa shape index (κ1) is 13.9. The first-order valence-corrected chi connectivity index (χ1v) is 6.91. The van der Waals surface area contributed by atoms with Gasteiger partial charge in [-0.15, -0.1) is 0 Å². The molecule has 0 aromatic carbocycles. The topological polar surface area (TPSA) is 108 Å². The van der Waals surface area contributed by atoms with E-state index in [2.05, 4.69) is 15.9 Å². The van der Waals surface area contributed by atoms with Crippen molar-refractivity contribution in [2.45, 2.75) is 29.4 Å². The lowest BCUT2D eigenvalue weighted by atomic mass is 9.99. The van der Waals surface area contributed by atoms with Crippen LogP contribution in [0.15, 0.2) is 0 Å². The standard InChI is InChI=1S/C12H17BrO8/c13-12-11(20-6-3-16)10(19-5-2-15)9(18-4-1-14)8(7-17)21-12/h1-3,8-12,17H,4-7H2/t8-,9-,10+,11-,12?/m1/s1/i1D,2D,3D. The van der Waals surface area contributed by atoms with Gasteiger partial charge < -0.3 is 38.4 Å². The Morgan fingerprint density at radius 3 is 1.95 bits per heavy atom. The second-order valence-corrected chi connectivity index (χ2v) is 4.87.